The molecule has 3 N–H and O–H groups in total. The van der Waals surface area contributed by atoms with E-state index in [1.807, 2.05) is 6.92 Å². The van der Waals surface area contributed by atoms with E-state index in [1.54, 1.807) is 23.1 Å². The SMILES string of the molecule is CCOc1cc(C(N)=S)ccc1OCCN1CCNC1=O. The Hall–Kier alpha value is -2.02. The first-order valence-electron chi connectivity index (χ1n) is 6.84. The molecule has 2 amide bonds. The van der Waals surface area contributed by atoms with Crippen LogP contribution < -0.4 is 20.5 Å². The molecule has 1 saturated heterocycles. The van der Waals surface area contributed by atoms with E-state index in [4.69, 9.17) is 27.4 Å². The molecular formula is C14H19N3O3S. The van der Waals surface area contributed by atoms with Crippen LogP contribution in [-0.2, 0) is 0 Å². The molecule has 1 aliphatic rings. The Bertz CT molecular complexity index is 536. The number of carbonyl (C=O) groups is 1. The van der Waals surface area contributed by atoms with Crippen molar-refractivity contribution in [2.24, 2.45) is 5.73 Å². The number of nitrogens with two attached hydrogens (primary N) is 1. The van der Waals surface area contributed by atoms with E-state index < -0.39 is 0 Å². The Balaban J connectivity index is 1.98. The summed E-state index contributed by atoms with van der Waals surface area (Å²) in [6.45, 7) is 4.75. The number of carbonyl (C=O) groups excluding carboxylic acids is 1. The molecule has 0 aliphatic carbocycles. The Morgan fingerprint density at radius 1 is 1.43 bits per heavy atom. The third-order valence-electron chi connectivity index (χ3n) is 3.09. The van der Waals surface area contributed by atoms with E-state index >= 15 is 0 Å². The van der Waals surface area contributed by atoms with Crippen LogP contribution in [0.4, 0.5) is 4.79 Å². The summed E-state index contributed by atoms with van der Waals surface area (Å²) in [6, 6.07) is 5.29. The summed E-state index contributed by atoms with van der Waals surface area (Å²) in [5.41, 5.74) is 6.35. The molecule has 0 bridgehead atoms. The quantitative estimate of drug-likeness (QED) is 0.738. The van der Waals surface area contributed by atoms with E-state index in [-0.39, 0.29) is 6.03 Å². The zero-order valence-electron chi connectivity index (χ0n) is 11.9. The molecule has 0 aromatic heterocycles. The zero-order chi connectivity index (χ0) is 15.2. The lowest BCUT2D eigenvalue weighted by Gasteiger charge is -2.16. The smallest absolute Gasteiger partial charge is 0.317 e. The van der Waals surface area contributed by atoms with Gasteiger partial charge in [-0.3, -0.25) is 0 Å². The van der Waals surface area contributed by atoms with E-state index in [1.165, 1.54) is 0 Å². The van der Waals surface area contributed by atoms with Gasteiger partial charge in [0.1, 0.15) is 11.6 Å². The largest absolute Gasteiger partial charge is 0.490 e. The number of hydrogen-bond acceptors (Lipinski definition) is 4. The lowest BCUT2D eigenvalue weighted by Crippen LogP contribution is -2.31. The normalized spacial score (nSPS) is 14.0. The fourth-order valence-corrected chi connectivity index (χ4v) is 2.17. The molecule has 0 saturated carbocycles. The van der Waals surface area contributed by atoms with Gasteiger partial charge in [0.2, 0.25) is 0 Å². The monoisotopic (exact) mass is 309 g/mol. The summed E-state index contributed by atoms with van der Waals surface area (Å²) in [4.78, 5) is 13.4. The maximum Gasteiger partial charge on any atom is 0.317 e. The highest BCUT2D eigenvalue weighted by atomic mass is 32.1. The van der Waals surface area contributed by atoms with Gasteiger partial charge in [0.05, 0.1) is 13.2 Å². The highest BCUT2D eigenvalue weighted by Crippen LogP contribution is 2.28. The molecule has 1 fully saturated rings. The van der Waals surface area contributed by atoms with E-state index in [9.17, 15) is 4.79 Å². The van der Waals surface area contributed by atoms with Gasteiger partial charge in [-0.25, -0.2) is 4.79 Å². The van der Waals surface area contributed by atoms with Crippen molar-refractivity contribution < 1.29 is 14.3 Å². The van der Waals surface area contributed by atoms with Gasteiger partial charge < -0.3 is 25.4 Å². The fourth-order valence-electron chi connectivity index (χ4n) is 2.04. The molecule has 7 heteroatoms. The Kier molecular flexibility index (Phi) is 5.21. The van der Waals surface area contributed by atoms with Crippen LogP contribution in [0.2, 0.25) is 0 Å². The molecule has 0 unspecified atom stereocenters. The number of hydrogen-bond donors (Lipinski definition) is 2. The van der Waals surface area contributed by atoms with Crippen LogP contribution in [0.5, 0.6) is 11.5 Å². The summed E-state index contributed by atoms with van der Waals surface area (Å²) < 4.78 is 11.2. The first-order chi connectivity index (χ1) is 10.1. The van der Waals surface area contributed by atoms with Gasteiger partial charge in [-0.05, 0) is 25.1 Å². The first kappa shape index (κ1) is 15.4. The van der Waals surface area contributed by atoms with E-state index in [0.717, 1.165) is 5.56 Å². The Labute approximate surface area is 129 Å². The number of amides is 2. The third kappa shape index (κ3) is 3.98. The number of nitrogens with one attached hydrogen (secondary N) is 1. The van der Waals surface area contributed by atoms with Crippen LogP contribution in [0.25, 0.3) is 0 Å². The minimum absolute atomic E-state index is 0.0486. The maximum absolute atomic E-state index is 11.4. The van der Waals surface area contributed by atoms with Crippen molar-refractivity contribution in [3.05, 3.63) is 23.8 Å². The van der Waals surface area contributed by atoms with Gasteiger partial charge >= 0.3 is 6.03 Å². The highest BCUT2D eigenvalue weighted by molar-refractivity contribution is 7.80. The minimum atomic E-state index is -0.0486. The second-order valence-electron chi connectivity index (χ2n) is 4.53. The van der Waals surface area contributed by atoms with Gasteiger partial charge in [0, 0.05) is 18.7 Å². The molecule has 1 aliphatic heterocycles. The van der Waals surface area contributed by atoms with Crippen molar-refractivity contribution >= 4 is 23.2 Å². The Morgan fingerprint density at radius 3 is 2.86 bits per heavy atom. The number of rotatable bonds is 7. The molecule has 1 heterocycles. The molecule has 0 spiro atoms. The minimum Gasteiger partial charge on any atom is -0.490 e. The lowest BCUT2D eigenvalue weighted by molar-refractivity contribution is 0.200. The summed E-state index contributed by atoms with van der Waals surface area (Å²) in [7, 11) is 0. The molecule has 114 valence electrons. The average molecular weight is 309 g/mol. The number of ether oxygens (including phenoxy) is 2. The summed E-state index contributed by atoms with van der Waals surface area (Å²) in [5, 5.41) is 2.75. The first-order valence-corrected chi connectivity index (χ1v) is 7.25. The highest BCUT2D eigenvalue weighted by Gasteiger charge is 2.19. The van der Waals surface area contributed by atoms with Gasteiger partial charge in [-0.15, -0.1) is 0 Å². The van der Waals surface area contributed by atoms with Crippen LogP contribution in [0, 0.1) is 0 Å². The molecule has 0 radical (unpaired) electrons. The van der Waals surface area contributed by atoms with Crippen LogP contribution in [0.3, 0.4) is 0 Å². The van der Waals surface area contributed by atoms with Crippen LogP contribution in [0.15, 0.2) is 18.2 Å². The topological polar surface area (TPSA) is 76.8 Å². The van der Waals surface area contributed by atoms with Crippen LogP contribution >= 0.6 is 12.2 Å². The van der Waals surface area contributed by atoms with Gasteiger partial charge in [-0.1, -0.05) is 12.2 Å². The second kappa shape index (κ2) is 7.12. The van der Waals surface area contributed by atoms with Crippen molar-refractivity contribution in [2.45, 2.75) is 6.92 Å². The summed E-state index contributed by atoms with van der Waals surface area (Å²) in [5.74, 6) is 1.23. The van der Waals surface area contributed by atoms with E-state index in [2.05, 4.69) is 5.32 Å². The predicted octanol–water partition coefficient (Wildman–Crippen LogP) is 1.12. The molecule has 0 atom stereocenters. The standard InChI is InChI=1S/C14H19N3O3S/c1-2-19-12-9-10(13(15)21)3-4-11(12)20-8-7-17-6-5-16-14(17)18/h3-4,9H,2,5-8H2,1H3,(H2,15,21)(H,16,18). The molecule has 21 heavy (non-hydrogen) atoms. The summed E-state index contributed by atoms with van der Waals surface area (Å²) >= 11 is 4.95. The average Bonchev–Trinajstić information content (AvgIpc) is 2.86. The van der Waals surface area contributed by atoms with E-state index in [0.29, 0.717) is 49.3 Å². The van der Waals surface area contributed by atoms with Crippen LogP contribution in [0.1, 0.15) is 12.5 Å². The number of nitrogens with zero attached hydrogens (tertiary/aromatic N) is 1. The Morgan fingerprint density at radius 2 is 2.24 bits per heavy atom. The van der Waals surface area contributed by atoms with Gasteiger partial charge in [-0.2, -0.15) is 0 Å². The fraction of sp³-hybridized carbons (Fsp3) is 0.429. The van der Waals surface area contributed by atoms with Crippen molar-refractivity contribution in [3.8, 4) is 11.5 Å². The number of thiocarbonyl (C=S) groups is 1. The lowest BCUT2D eigenvalue weighted by atomic mass is 10.2. The molecule has 1 aromatic carbocycles. The van der Waals surface area contributed by atoms with Crippen molar-refractivity contribution in [1.82, 2.24) is 10.2 Å². The maximum atomic E-state index is 11.4. The zero-order valence-corrected chi connectivity index (χ0v) is 12.7. The summed E-state index contributed by atoms with van der Waals surface area (Å²) in [6.07, 6.45) is 0. The van der Waals surface area contributed by atoms with Crippen LogP contribution in [-0.4, -0.2) is 48.8 Å². The van der Waals surface area contributed by atoms with Crippen molar-refractivity contribution in [3.63, 3.8) is 0 Å². The molecule has 1 aromatic rings. The molecule has 2 rings (SSSR count). The van der Waals surface area contributed by atoms with Crippen molar-refractivity contribution in [2.75, 3.05) is 32.8 Å². The van der Waals surface area contributed by atoms with Crippen molar-refractivity contribution in [1.29, 1.82) is 0 Å². The molecule has 6 nitrogen and oxygen atoms in total. The van der Waals surface area contributed by atoms with Gasteiger partial charge in [0.15, 0.2) is 11.5 Å². The number of benzene rings is 1. The number of urea groups is 1. The molecular weight excluding hydrogens is 290 g/mol. The predicted molar refractivity (Wildman–Crippen MR) is 84.0 cm³/mol. The third-order valence-corrected chi connectivity index (χ3v) is 3.33. The second-order valence-corrected chi connectivity index (χ2v) is 4.97. The van der Waals surface area contributed by atoms with Gasteiger partial charge in [0.25, 0.3) is 0 Å².